The monoisotopic (exact) mass is 1210 g/mol. The van der Waals surface area contributed by atoms with Crippen LogP contribution in [0.25, 0.3) is 0 Å². The van der Waals surface area contributed by atoms with E-state index in [1.165, 1.54) is 225 Å². The second-order valence-corrected chi connectivity index (χ2v) is 25.4. The molecule has 2 rings (SSSR count). The fourth-order valence-electron chi connectivity index (χ4n) is 11.9. The lowest BCUT2D eigenvalue weighted by Gasteiger charge is -2.46. The van der Waals surface area contributed by atoms with Crippen LogP contribution in [0.2, 0.25) is 0 Å². The molecular weight excluding hydrogens is 1070 g/mol. The van der Waals surface area contributed by atoms with E-state index in [1.54, 1.807) is 0 Å². The molecule has 14 nitrogen and oxygen atoms in total. The van der Waals surface area contributed by atoms with Gasteiger partial charge in [0.15, 0.2) is 12.6 Å². The largest absolute Gasteiger partial charge is 0.394 e. The van der Waals surface area contributed by atoms with Crippen LogP contribution >= 0.6 is 0 Å². The Hall–Kier alpha value is -1.79. The van der Waals surface area contributed by atoms with Gasteiger partial charge in [-0.3, -0.25) is 4.79 Å². The fourth-order valence-corrected chi connectivity index (χ4v) is 11.9. The van der Waals surface area contributed by atoms with Gasteiger partial charge in [0, 0.05) is 6.42 Å². The molecule has 85 heavy (non-hydrogen) atoms. The maximum atomic E-state index is 13.4. The van der Waals surface area contributed by atoms with Gasteiger partial charge < -0.3 is 65.1 Å². The van der Waals surface area contributed by atoms with E-state index in [9.17, 15) is 45.6 Å². The Morgan fingerprint density at radius 2 is 0.776 bits per heavy atom. The molecule has 2 fully saturated rings. The molecule has 0 aromatic carbocycles. The van der Waals surface area contributed by atoms with E-state index in [4.69, 9.17) is 18.9 Å². The Kier molecular flexibility index (Phi) is 52.4. The molecule has 12 unspecified atom stereocenters. The molecule has 2 aliphatic rings. The summed E-state index contributed by atoms with van der Waals surface area (Å²) in [6, 6.07) is -0.830. The number of aliphatic hydroxyl groups excluding tert-OH is 8. The molecule has 0 radical (unpaired) electrons. The third kappa shape index (κ3) is 40.5. The number of hydrogen-bond acceptors (Lipinski definition) is 13. The van der Waals surface area contributed by atoms with Crippen molar-refractivity contribution in [2.45, 2.75) is 389 Å². The minimum absolute atomic E-state index is 0.203. The van der Waals surface area contributed by atoms with Gasteiger partial charge in [-0.05, 0) is 51.4 Å². The summed E-state index contributed by atoms with van der Waals surface area (Å²) in [6.45, 7) is 2.90. The Morgan fingerprint density at radius 1 is 0.424 bits per heavy atom. The van der Waals surface area contributed by atoms with Crippen molar-refractivity contribution < 1.29 is 64.6 Å². The highest BCUT2D eigenvalue weighted by Crippen LogP contribution is 2.30. The van der Waals surface area contributed by atoms with Crippen molar-refractivity contribution in [1.29, 1.82) is 0 Å². The number of carbonyl (C=O) groups excluding carboxylic acids is 1. The molecule has 9 N–H and O–H groups in total. The van der Waals surface area contributed by atoms with Crippen molar-refractivity contribution in [1.82, 2.24) is 5.32 Å². The van der Waals surface area contributed by atoms with E-state index in [-0.39, 0.29) is 12.5 Å². The van der Waals surface area contributed by atoms with Crippen LogP contribution in [0.1, 0.15) is 316 Å². The third-order valence-electron chi connectivity index (χ3n) is 17.6. The lowest BCUT2D eigenvalue weighted by molar-refractivity contribution is -0.359. The van der Waals surface area contributed by atoms with Gasteiger partial charge in [0.2, 0.25) is 5.91 Å². The molecule has 1 amide bonds. The van der Waals surface area contributed by atoms with Crippen LogP contribution in [0.4, 0.5) is 0 Å². The summed E-state index contributed by atoms with van der Waals surface area (Å²) < 4.78 is 22.9. The zero-order valence-corrected chi connectivity index (χ0v) is 54.4. The highest BCUT2D eigenvalue weighted by Gasteiger charge is 2.51. The number of carbonyl (C=O) groups is 1. The zero-order valence-electron chi connectivity index (χ0n) is 54.4. The molecule has 14 heteroatoms. The van der Waals surface area contributed by atoms with Gasteiger partial charge in [-0.15, -0.1) is 0 Å². The Bertz CT molecular complexity index is 1560. The first-order valence-electron chi connectivity index (χ1n) is 35.7. The van der Waals surface area contributed by atoms with Crippen molar-refractivity contribution in [3.63, 3.8) is 0 Å². The number of ether oxygens (including phenoxy) is 4. The van der Waals surface area contributed by atoms with Gasteiger partial charge >= 0.3 is 0 Å². The first-order valence-corrected chi connectivity index (χ1v) is 35.7. The van der Waals surface area contributed by atoms with Crippen molar-refractivity contribution in [3.05, 3.63) is 36.5 Å². The fraction of sp³-hybridized carbons (Fsp3) is 0.901. The third-order valence-corrected chi connectivity index (χ3v) is 17.6. The molecule has 500 valence electrons. The van der Waals surface area contributed by atoms with Gasteiger partial charge in [0.05, 0.1) is 32.0 Å². The Balaban J connectivity index is 1.66. The normalized spacial score (nSPS) is 23.7. The summed E-state index contributed by atoms with van der Waals surface area (Å²) >= 11 is 0. The van der Waals surface area contributed by atoms with Gasteiger partial charge in [-0.1, -0.05) is 294 Å². The highest BCUT2D eigenvalue weighted by molar-refractivity contribution is 5.76. The first-order chi connectivity index (χ1) is 41.6. The van der Waals surface area contributed by atoms with E-state index in [0.29, 0.717) is 12.8 Å². The molecule has 0 saturated carbocycles. The number of allylic oxidation sites excluding steroid dienone is 6. The van der Waals surface area contributed by atoms with Gasteiger partial charge in [0.25, 0.3) is 0 Å². The second kappa shape index (κ2) is 56.2. The smallest absolute Gasteiger partial charge is 0.220 e. The van der Waals surface area contributed by atoms with Crippen molar-refractivity contribution in [3.8, 4) is 0 Å². The van der Waals surface area contributed by atoms with Crippen molar-refractivity contribution in [2.24, 2.45) is 0 Å². The summed E-state index contributed by atoms with van der Waals surface area (Å²) in [7, 11) is 0. The molecule has 2 saturated heterocycles. The summed E-state index contributed by atoms with van der Waals surface area (Å²) in [6.07, 6.45) is 54.4. The van der Waals surface area contributed by atoms with Crippen LogP contribution in [0.15, 0.2) is 36.5 Å². The molecule has 2 aliphatic heterocycles. The van der Waals surface area contributed by atoms with Crippen molar-refractivity contribution >= 4 is 5.91 Å². The SMILES string of the molecule is CCCCCCC/C=C\C/C=C\C/C=C\CCCCCCCCCCCCCCCCC(=O)NC(COC1OC(CO)C(OC2OC(CO)C(O)C(O)C2O)C(O)C1O)C(O)CCCCCCCCCCCCCCCCCCCCCCCC. The number of amides is 1. The lowest BCUT2D eigenvalue weighted by atomic mass is 9.97. The summed E-state index contributed by atoms with van der Waals surface area (Å²) in [4.78, 5) is 13.4. The number of aliphatic hydroxyl groups is 8. The highest BCUT2D eigenvalue weighted by atomic mass is 16.7. The van der Waals surface area contributed by atoms with Crippen LogP contribution < -0.4 is 5.32 Å². The quantitative estimate of drug-likeness (QED) is 0.0204. The summed E-state index contributed by atoms with van der Waals surface area (Å²) in [5.74, 6) is -0.203. The van der Waals surface area contributed by atoms with E-state index >= 15 is 0 Å². The first kappa shape index (κ1) is 79.3. The van der Waals surface area contributed by atoms with E-state index in [0.717, 1.165) is 64.2 Å². The summed E-state index contributed by atoms with van der Waals surface area (Å²) in [5.41, 5.74) is 0. The second-order valence-electron chi connectivity index (χ2n) is 25.4. The molecule has 0 aromatic rings. The van der Waals surface area contributed by atoms with Crippen LogP contribution in [0.3, 0.4) is 0 Å². The predicted molar refractivity (Wildman–Crippen MR) is 346 cm³/mol. The molecule has 0 aromatic heterocycles. The number of rotatable bonds is 59. The number of unbranched alkanes of at least 4 members (excludes halogenated alkanes) is 40. The standard InChI is InChI=1S/C71H133NO13/c1-3-5-7-9-11-13-15-17-19-21-23-25-27-28-29-30-31-32-33-35-37-39-41-43-45-47-49-51-53-55-63(76)72-59(58-82-70-68(81)66(79)69(62(57-74)84-70)85-71-67(80)65(78)64(77)61(56-73)83-71)60(75)54-52-50-48-46-44-42-40-38-36-34-26-24-22-20-18-16-14-12-10-8-6-4-2/h15,17,21,23,27-28,59-62,64-71,73-75,77-81H,3-14,16,18-20,22,24-26,29-58H2,1-2H3,(H,72,76)/b17-15-,23-21-,28-27-. The Morgan fingerprint density at radius 3 is 1.19 bits per heavy atom. The molecule has 2 heterocycles. The zero-order chi connectivity index (χ0) is 61.6. The van der Waals surface area contributed by atoms with Gasteiger partial charge in [-0.2, -0.15) is 0 Å². The molecule has 0 spiro atoms. The topological polar surface area (TPSA) is 228 Å². The van der Waals surface area contributed by atoms with E-state index < -0.39 is 86.8 Å². The van der Waals surface area contributed by atoms with Crippen LogP contribution in [-0.2, 0) is 23.7 Å². The maximum Gasteiger partial charge on any atom is 0.220 e. The predicted octanol–water partition coefficient (Wildman–Crippen LogP) is 14.5. The van der Waals surface area contributed by atoms with Crippen LogP contribution in [0.5, 0.6) is 0 Å². The minimum Gasteiger partial charge on any atom is -0.394 e. The molecule has 0 aliphatic carbocycles. The van der Waals surface area contributed by atoms with Crippen LogP contribution in [0, 0.1) is 0 Å². The average Bonchev–Trinajstić information content (AvgIpc) is 3.69. The van der Waals surface area contributed by atoms with Gasteiger partial charge in [0.1, 0.15) is 48.8 Å². The average molecular weight is 1210 g/mol. The minimum atomic E-state index is -1.78. The number of nitrogens with one attached hydrogen (secondary N) is 1. The van der Waals surface area contributed by atoms with Crippen LogP contribution in [-0.4, -0.2) is 140 Å². The number of hydrogen-bond donors (Lipinski definition) is 9. The van der Waals surface area contributed by atoms with Crippen molar-refractivity contribution in [2.75, 3.05) is 19.8 Å². The Labute approximate surface area is 519 Å². The lowest BCUT2D eigenvalue weighted by Crippen LogP contribution is -2.65. The molecular formula is C71H133NO13. The molecule has 0 bridgehead atoms. The maximum absolute atomic E-state index is 13.4. The van der Waals surface area contributed by atoms with E-state index in [2.05, 4.69) is 55.6 Å². The van der Waals surface area contributed by atoms with E-state index in [1.807, 2.05) is 0 Å². The van der Waals surface area contributed by atoms with Gasteiger partial charge in [-0.25, -0.2) is 0 Å². The molecule has 12 atom stereocenters. The summed E-state index contributed by atoms with van der Waals surface area (Å²) in [5, 5.41) is 87.6.